The van der Waals surface area contributed by atoms with Gasteiger partial charge in [-0.1, -0.05) is 23.8 Å². The predicted molar refractivity (Wildman–Crippen MR) is 143 cm³/mol. The largest absolute Gasteiger partial charge is 0.482 e. The molecular formula is C28H30BrN3O3. The van der Waals surface area contributed by atoms with Gasteiger partial charge in [-0.15, -0.1) is 0 Å². The molecular weight excluding hydrogens is 506 g/mol. The van der Waals surface area contributed by atoms with Crippen LogP contribution in [0.4, 0.5) is 11.4 Å². The number of halogens is 1. The molecule has 0 radical (unpaired) electrons. The van der Waals surface area contributed by atoms with Crippen molar-refractivity contribution in [2.45, 2.75) is 20.8 Å². The molecule has 1 aliphatic heterocycles. The van der Waals surface area contributed by atoms with Crippen LogP contribution in [0.2, 0.25) is 0 Å². The van der Waals surface area contributed by atoms with Crippen LogP contribution in [0.3, 0.4) is 0 Å². The Morgan fingerprint density at radius 3 is 2.17 bits per heavy atom. The number of hydrogen-bond donors (Lipinski definition) is 1. The Morgan fingerprint density at radius 2 is 1.54 bits per heavy atom. The first-order valence-electron chi connectivity index (χ1n) is 11.7. The third kappa shape index (κ3) is 6.22. The lowest BCUT2D eigenvalue weighted by Gasteiger charge is -2.36. The molecule has 3 aromatic rings. The van der Waals surface area contributed by atoms with Crippen LogP contribution in [-0.2, 0) is 4.79 Å². The van der Waals surface area contributed by atoms with E-state index in [1.54, 1.807) is 0 Å². The maximum absolute atomic E-state index is 12.8. The second-order valence-electron chi connectivity index (χ2n) is 8.92. The van der Waals surface area contributed by atoms with Gasteiger partial charge in [0.1, 0.15) is 5.75 Å². The highest BCUT2D eigenvalue weighted by Crippen LogP contribution is 2.30. The fourth-order valence-corrected chi connectivity index (χ4v) is 5.01. The highest BCUT2D eigenvalue weighted by molar-refractivity contribution is 9.10. The van der Waals surface area contributed by atoms with Gasteiger partial charge in [-0.25, -0.2) is 0 Å². The Labute approximate surface area is 215 Å². The summed E-state index contributed by atoms with van der Waals surface area (Å²) in [5, 5.41) is 2.89. The fourth-order valence-electron chi connectivity index (χ4n) is 4.22. The number of nitrogens with one attached hydrogen (secondary N) is 1. The van der Waals surface area contributed by atoms with Crippen LogP contribution in [0.5, 0.6) is 5.75 Å². The SMILES string of the molecule is Cc1ccc(C(=O)N2CCN(c3ccc(NC(=O)COc4c(C)cc(C)cc4Br)cc3)CC2)cc1. The summed E-state index contributed by atoms with van der Waals surface area (Å²) in [6, 6.07) is 19.5. The normalized spacial score (nSPS) is 13.5. The summed E-state index contributed by atoms with van der Waals surface area (Å²) >= 11 is 3.50. The van der Waals surface area contributed by atoms with E-state index in [0.717, 1.165) is 51.2 Å². The number of carbonyl (C=O) groups excluding carboxylic acids is 2. The number of hydrogen-bond acceptors (Lipinski definition) is 4. The van der Waals surface area contributed by atoms with Crippen molar-refractivity contribution in [2.75, 3.05) is 43.0 Å². The van der Waals surface area contributed by atoms with Gasteiger partial charge < -0.3 is 19.9 Å². The number of rotatable bonds is 6. The molecule has 3 aromatic carbocycles. The number of ether oxygens (including phenoxy) is 1. The molecule has 1 fully saturated rings. The second-order valence-corrected chi connectivity index (χ2v) is 9.78. The fraction of sp³-hybridized carbons (Fsp3) is 0.286. The molecule has 0 aliphatic carbocycles. The third-order valence-corrected chi connectivity index (χ3v) is 6.69. The lowest BCUT2D eigenvalue weighted by atomic mass is 10.1. The third-order valence-electron chi connectivity index (χ3n) is 6.10. The zero-order valence-corrected chi connectivity index (χ0v) is 21.9. The number of nitrogens with zero attached hydrogens (tertiary/aromatic N) is 2. The van der Waals surface area contributed by atoms with Gasteiger partial charge >= 0.3 is 0 Å². The average Bonchev–Trinajstić information content (AvgIpc) is 2.84. The summed E-state index contributed by atoms with van der Waals surface area (Å²) in [6.07, 6.45) is 0. The molecule has 182 valence electrons. The maximum Gasteiger partial charge on any atom is 0.262 e. The first kappa shape index (κ1) is 24.8. The van der Waals surface area contributed by atoms with Crippen molar-refractivity contribution in [3.8, 4) is 5.75 Å². The van der Waals surface area contributed by atoms with Gasteiger partial charge in [0.25, 0.3) is 11.8 Å². The molecule has 1 heterocycles. The molecule has 0 aromatic heterocycles. The van der Waals surface area contributed by atoms with Gasteiger partial charge in [0.2, 0.25) is 0 Å². The molecule has 1 aliphatic rings. The van der Waals surface area contributed by atoms with Gasteiger partial charge in [-0.2, -0.15) is 0 Å². The molecule has 0 atom stereocenters. The predicted octanol–water partition coefficient (Wildman–Crippen LogP) is 5.35. The van der Waals surface area contributed by atoms with E-state index in [2.05, 4.69) is 26.1 Å². The van der Waals surface area contributed by atoms with E-state index in [0.29, 0.717) is 18.8 Å². The Balaban J connectivity index is 1.27. The van der Waals surface area contributed by atoms with Crippen LogP contribution >= 0.6 is 15.9 Å². The molecule has 6 nitrogen and oxygen atoms in total. The van der Waals surface area contributed by atoms with Crippen LogP contribution in [-0.4, -0.2) is 49.5 Å². The summed E-state index contributed by atoms with van der Waals surface area (Å²) < 4.78 is 6.58. The standard InChI is InChI=1S/C28H30BrN3O3/c1-19-4-6-22(7-5-19)28(34)32-14-12-31(13-15-32)24-10-8-23(9-11-24)30-26(33)18-35-27-21(3)16-20(2)17-25(27)29/h4-11,16-17H,12-15,18H2,1-3H3,(H,30,33). The van der Waals surface area contributed by atoms with E-state index in [-0.39, 0.29) is 18.4 Å². The minimum Gasteiger partial charge on any atom is -0.482 e. The van der Waals surface area contributed by atoms with Crippen LogP contribution in [0.1, 0.15) is 27.0 Å². The van der Waals surface area contributed by atoms with Crippen molar-refractivity contribution in [1.82, 2.24) is 4.90 Å². The van der Waals surface area contributed by atoms with E-state index < -0.39 is 0 Å². The van der Waals surface area contributed by atoms with Gasteiger partial charge in [-0.3, -0.25) is 9.59 Å². The zero-order valence-electron chi connectivity index (χ0n) is 20.3. The summed E-state index contributed by atoms with van der Waals surface area (Å²) in [5.41, 5.74) is 5.78. The molecule has 0 bridgehead atoms. The minimum absolute atomic E-state index is 0.0682. The molecule has 1 saturated heterocycles. The second kappa shape index (κ2) is 11.0. The van der Waals surface area contributed by atoms with E-state index in [4.69, 9.17) is 4.74 Å². The van der Waals surface area contributed by atoms with Gasteiger partial charge in [0.05, 0.1) is 4.47 Å². The van der Waals surface area contributed by atoms with Crippen LogP contribution in [0, 0.1) is 20.8 Å². The van der Waals surface area contributed by atoms with Crippen molar-refractivity contribution in [3.63, 3.8) is 0 Å². The average molecular weight is 536 g/mol. The summed E-state index contributed by atoms with van der Waals surface area (Å²) in [7, 11) is 0. The van der Waals surface area contributed by atoms with Gasteiger partial charge in [0, 0.05) is 43.1 Å². The highest BCUT2D eigenvalue weighted by atomic mass is 79.9. The molecule has 4 rings (SSSR count). The number of piperazine rings is 1. The number of benzene rings is 3. The van der Waals surface area contributed by atoms with Crippen LogP contribution < -0.4 is 15.0 Å². The van der Waals surface area contributed by atoms with Crippen molar-refractivity contribution < 1.29 is 14.3 Å². The Morgan fingerprint density at radius 1 is 0.886 bits per heavy atom. The Bertz CT molecular complexity index is 1180. The molecule has 0 unspecified atom stereocenters. The van der Waals surface area contributed by atoms with Crippen molar-refractivity contribution in [1.29, 1.82) is 0 Å². The first-order valence-corrected chi connectivity index (χ1v) is 12.5. The lowest BCUT2D eigenvalue weighted by molar-refractivity contribution is -0.118. The van der Waals surface area contributed by atoms with E-state index in [1.807, 2.05) is 86.3 Å². The van der Waals surface area contributed by atoms with E-state index >= 15 is 0 Å². The molecule has 1 N–H and O–H groups in total. The highest BCUT2D eigenvalue weighted by Gasteiger charge is 2.22. The number of aryl methyl sites for hydroxylation is 3. The minimum atomic E-state index is -0.215. The van der Waals surface area contributed by atoms with Gasteiger partial charge in [-0.05, 0) is 90.3 Å². The van der Waals surface area contributed by atoms with Crippen molar-refractivity contribution in [3.05, 3.63) is 87.4 Å². The maximum atomic E-state index is 12.8. The number of amides is 2. The van der Waals surface area contributed by atoms with Crippen molar-refractivity contribution in [2.24, 2.45) is 0 Å². The topological polar surface area (TPSA) is 61.9 Å². The molecule has 35 heavy (non-hydrogen) atoms. The zero-order chi connectivity index (χ0) is 24.9. The molecule has 2 amide bonds. The Hall–Kier alpha value is -3.32. The summed E-state index contributed by atoms with van der Waals surface area (Å²) in [6.45, 7) is 8.81. The lowest BCUT2D eigenvalue weighted by Crippen LogP contribution is -2.48. The summed E-state index contributed by atoms with van der Waals surface area (Å²) in [4.78, 5) is 29.3. The van der Waals surface area contributed by atoms with Crippen LogP contribution in [0.25, 0.3) is 0 Å². The Kier molecular flexibility index (Phi) is 7.76. The summed E-state index contributed by atoms with van der Waals surface area (Å²) in [5.74, 6) is 0.548. The van der Waals surface area contributed by atoms with E-state index in [1.165, 1.54) is 0 Å². The first-order chi connectivity index (χ1) is 16.8. The smallest absolute Gasteiger partial charge is 0.262 e. The number of anilines is 2. The van der Waals surface area contributed by atoms with Crippen molar-refractivity contribution >= 4 is 39.1 Å². The van der Waals surface area contributed by atoms with Crippen LogP contribution in [0.15, 0.2) is 65.1 Å². The molecule has 7 heteroatoms. The molecule has 0 spiro atoms. The quantitative estimate of drug-likeness (QED) is 0.461. The number of carbonyl (C=O) groups is 2. The van der Waals surface area contributed by atoms with E-state index in [9.17, 15) is 9.59 Å². The van der Waals surface area contributed by atoms with Gasteiger partial charge in [0.15, 0.2) is 6.61 Å². The monoisotopic (exact) mass is 535 g/mol. The molecule has 0 saturated carbocycles.